The fourth-order valence-electron chi connectivity index (χ4n) is 1.28. The summed E-state index contributed by atoms with van der Waals surface area (Å²) in [5.41, 5.74) is 1.02. The van der Waals surface area contributed by atoms with Crippen molar-refractivity contribution in [2.24, 2.45) is 0 Å². The molecule has 0 saturated carbocycles. The molecule has 0 saturated heterocycles. The van der Waals surface area contributed by atoms with Crippen LogP contribution in [0.1, 0.15) is 10.4 Å². The van der Waals surface area contributed by atoms with Crippen LogP contribution in [0.5, 0.6) is 0 Å². The first-order valence-electron chi connectivity index (χ1n) is 5.11. The van der Waals surface area contributed by atoms with Crippen LogP contribution in [0.4, 0.5) is 0 Å². The minimum atomic E-state index is -0.0885. The lowest BCUT2D eigenvalue weighted by Gasteiger charge is -2.15. The summed E-state index contributed by atoms with van der Waals surface area (Å²) in [6, 6.07) is 1.99. The highest BCUT2D eigenvalue weighted by Gasteiger charge is 2.05. The van der Waals surface area contributed by atoms with Crippen LogP contribution < -0.4 is 0 Å². The maximum atomic E-state index is 8.66. The van der Waals surface area contributed by atoms with Gasteiger partial charge in [-0.05, 0) is 18.5 Å². The van der Waals surface area contributed by atoms with E-state index in [1.165, 1.54) is 4.88 Å². The maximum absolute atomic E-state index is 8.66. The Hall–Kier alpha value is -0.860. The Labute approximate surface area is 101 Å². The third kappa shape index (κ3) is 4.33. The average molecular weight is 239 g/mol. The topological polar surface area (TPSA) is 32.7 Å². The van der Waals surface area contributed by atoms with Crippen molar-refractivity contribution in [3.8, 4) is 11.8 Å². The highest BCUT2D eigenvalue weighted by molar-refractivity contribution is 7.10. The molecule has 0 bridgehead atoms. The van der Waals surface area contributed by atoms with Crippen molar-refractivity contribution < 1.29 is 9.84 Å². The molecule has 0 spiro atoms. The molecule has 0 aromatic carbocycles. The summed E-state index contributed by atoms with van der Waals surface area (Å²) in [7, 11) is 3.76. The predicted octanol–water partition coefficient (Wildman–Crippen LogP) is 1.17. The van der Waals surface area contributed by atoms with Crippen LogP contribution in [0.3, 0.4) is 0 Å². The standard InChI is InChI=1S/C12H17NO2S/c1-13(6-8-15-2)10-12-11(4-3-7-14)5-9-16-12/h5,9,14H,6-8,10H2,1-2H3. The number of methoxy groups -OCH3 is 1. The van der Waals surface area contributed by atoms with E-state index in [0.29, 0.717) is 0 Å². The Morgan fingerprint density at radius 1 is 1.56 bits per heavy atom. The molecule has 4 heteroatoms. The molecule has 0 aliphatic heterocycles. The molecular weight excluding hydrogens is 222 g/mol. The molecule has 3 nitrogen and oxygen atoms in total. The molecule has 0 aliphatic rings. The van der Waals surface area contributed by atoms with E-state index < -0.39 is 0 Å². The lowest BCUT2D eigenvalue weighted by Crippen LogP contribution is -2.22. The Morgan fingerprint density at radius 2 is 2.38 bits per heavy atom. The van der Waals surface area contributed by atoms with Gasteiger partial charge in [0, 0.05) is 30.6 Å². The summed E-state index contributed by atoms with van der Waals surface area (Å²) >= 11 is 1.70. The summed E-state index contributed by atoms with van der Waals surface area (Å²) in [5, 5.41) is 10.7. The van der Waals surface area contributed by atoms with Gasteiger partial charge < -0.3 is 9.84 Å². The molecule has 0 atom stereocenters. The molecule has 0 unspecified atom stereocenters. The van der Waals surface area contributed by atoms with Crippen LogP contribution in [0, 0.1) is 11.8 Å². The second-order valence-electron chi connectivity index (χ2n) is 3.45. The van der Waals surface area contributed by atoms with Crippen LogP contribution in [0.2, 0.25) is 0 Å². The van der Waals surface area contributed by atoms with Gasteiger partial charge in [-0.2, -0.15) is 0 Å². The van der Waals surface area contributed by atoms with E-state index in [-0.39, 0.29) is 6.61 Å². The van der Waals surface area contributed by atoms with Gasteiger partial charge in [0.25, 0.3) is 0 Å². The van der Waals surface area contributed by atoms with Crippen molar-refractivity contribution in [3.63, 3.8) is 0 Å². The fraction of sp³-hybridized carbons (Fsp3) is 0.500. The highest BCUT2D eigenvalue weighted by Crippen LogP contribution is 2.17. The van der Waals surface area contributed by atoms with Gasteiger partial charge in [0.1, 0.15) is 6.61 Å². The SMILES string of the molecule is COCCN(C)Cc1sccc1C#CCO. The van der Waals surface area contributed by atoms with Gasteiger partial charge in [-0.3, -0.25) is 4.90 Å². The van der Waals surface area contributed by atoms with Crippen molar-refractivity contribution in [2.75, 3.05) is 33.9 Å². The van der Waals surface area contributed by atoms with E-state index in [1.54, 1.807) is 18.4 Å². The van der Waals surface area contributed by atoms with Crippen LogP contribution in [-0.4, -0.2) is 43.9 Å². The molecule has 1 N–H and O–H groups in total. The molecule has 1 aromatic heterocycles. The molecule has 0 radical (unpaired) electrons. The number of likely N-dealkylation sites (N-methyl/N-ethyl adjacent to an activating group) is 1. The molecule has 88 valence electrons. The van der Waals surface area contributed by atoms with Crippen molar-refractivity contribution in [3.05, 3.63) is 21.9 Å². The Kier molecular flexibility index (Phi) is 6.12. The fourth-order valence-corrected chi connectivity index (χ4v) is 2.19. The van der Waals surface area contributed by atoms with Crippen molar-refractivity contribution >= 4 is 11.3 Å². The Balaban J connectivity index is 2.56. The molecule has 16 heavy (non-hydrogen) atoms. The van der Waals surface area contributed by atoms with E-state index in [4.69, 9.17) is 9.84 Å². The van der Waals surface area contributed by atoms with Gasteiger partial charge >= 0.3 is 0 Å². The van der Waals surface area contributed by atoms with Gasteiger partial charge in [0.05, 0.1) is 6.61 Å². The zero-order chi connectivity index (χ0) is 11.8. The summed E-state index contributed by atoms with van der Waals surface area (Å²) in [4.78, 5) is 3.43. The number of rotatable bonds is 5. The lowest BCUT2D eigenvalue weighted by atomic mass is 10.2. The Morgan fingerprint density at radius 3 is 3.06 bits per heavy atom. The first-order valence-corrected chi connectivity index (χ1v) is 5.99. The summed E-state index contributed by atoms with van der Waals surface area (Å²) in [5.74, 6) is 5.63. The predicted molar refractivity (Wildman–Crippen MR) is 66.5 cm³/mol. The number of thiophene rings is 1. The molecule has 1 heterocycles. The van der Waals surface area contributed by atoms with Crippen molar-refractivity contribution in [1.29, 1.82) is 0 Å². The number of nitrogens with zero attached hydrogens (tertiary/aromatic N) is 1. The van der Waals surface area contributed by atoms with Gasteiger partial charge in [-0.15, -0.1) is 11.3 Å². The lowest BCUT2D eigenvalue weighted by molar-refractivity contribution is 0.159. The minimum Gasteiger partial charge on any atom is -0.384 e. The smallest absolute Gasteiger partial charge is 0.104 e. The number of ether oxygens (including phenoxy) is 1. The number of hydrogen-bond acceptors (Lipinski definition) is 4. The largest absolute Gasteiger partial charge is 0.384 e. The average Bonchev–Trinajstić information content (AvgIpc) is 2.71. The summed E-state index contributed by atoms with van der Waals surface area (Å²) in [6.07, 6.45) is 0. The second kappa shape index (κ2) is 7.42. The normalized spacial score (nSPS) is 10.2. The van der Waals surface area contributed by atoms with E-state index in [9.17, 15) is 0 Å². The zero-order valence-electron chi connectivity index (χ0n) is 9.69. The van der Waals surface area contributed by atoms with Gasteiger partial charge in [-0.25, -0.2) is 0 Å². The molecule has 0 aliphatic carbocycles. The van der Waals surface area contributed by atoms with Crippen LogP contribution in [0.15, 0.2) is 11.4 Å². The first kappa shape index (κ1) is 13.2. The van der Waals surface area contributed by atoms with Crippen LogP contribution in [0.25, 0.3) is 0 Å². The maximum Gasteiger partial charge on any atom is 0.104 e. The number of aliphatic hydroxyl groups is 1. The Bertz CT molecular complexity index is 365. The van der Waals surface area contributed by atoms with Gasteiger partial charge in [0.15, 0.2) is 0 Å². The monoisotopic (exact) mass is 239 g/mol. The van der Waals surface area contributed by atoms with E-state index in [2.05, 4.69) is 23.8 Å². The van der Waals surface area contributed by atoms with Crippen LogP contribution >= 0.6 is 11.3 Å². The number of hydrogen-bond donors (Lipinski definition) is 1. The van der Waals surface area contributed by atoms with Crippen molar-refractivity contribution in [1.82, 2.24) is 4.90 Å². The molecule has 1 rings (SSSR count). The van der Waals surface area contributed by atoms with Crippen LogP contribution in [-0.2, 0) is 11.3 Å². The zero-order valence-corrected chi connectivity index (χ0v) is 10.5. The first-order chi connectivity index (χ1) is 7.77. The minimum absolute atomic E-state index is 0.0885. The third-order valence-electron chi connectivity index (χ3n) is 2.14. The molecule has 0 fully saturated rings. The molecule has 1 aromatic rings. The molecular formula is C12H17NO2S. The van der Waals surface area contributed by atoms with E-state index in [1.807, 2.05) is 11.4 Å². The third-order valence-corrected chi connectivity index (χ3v) is 3.04. The van der Waals surface area contributed by atoms with Gasteiger partial charge in [-0.1, -0.05) is 11.8 Å². The quantitative estimate of drug-likeness (QED) is 0.783. The number of aliphatic hydroxyl groups excluding tert-OH is 1. The van der Waals surface area contributed by atoms with E-state index in [0.717, 1.165) is 25.3 Å². The summed E-state index contributed by atoms with van der Waals surface area (Å²) in [6.45, 7) is 2.42. The van der Waals surface area contributed by atoms with E-state index >= 15 is 0 Å². The highest BCUT2D eigenvalue weighted by atomic mass is 32.1. The summed E-state index contributed by atoms with van der Waals surface area (Å²) < 4.78 is 5.03. The molecule has 0 amide bonds. The van der Waals surface area contributed by atoms with Crippen molar-refractivity contribution in [2.45, 2.75) is 6.54 Å². The van der Waals surface area contributed by atoms with Gasteiger partial charge in [0.2, 0.25) is 0 Å². The second-order valence-corrected chi connectivity index (χ2v) is 4.45.